The number of aromatic amines is 1. The zero-order chi connectivity index (χ0) is 23.0. The minimum atomic E-state index is -0.304. The molecule has 9 nitrogen and oxygen atoms in total. The molecule has 1 aromatic carbocycles. The van der Waals surface area contributed by atoms with Crippen molar-refractivity contribution in [3.63, 3.8) is 0 Å². The van der Waals surface area contributed by atoms with Gasteiger partial charge in [-0.25, -0.2) is 9.37 Å². The molecule has 1 saturated carbocycles. The summed E-state index contributed by atoms with van der Waals surface area (Å²) in [6.07, 6.45) is 7.65. The van der Waals surface area contributed by atoms with Crippen LogP contribution in [0, 0.1) is 11.7 Å². The van der Waals surface area contributed by atoms with Crippen LogP contribution in [0.4, 0.5) is 27.5 Å². The van der Waals surface area contributed by atoms with Crippen molar-refractivity contribution >= 4 is 50.7 Å². The van der Waals surface area contributed by atoms with E-state index in [0.717, 1.165) is 52.8 Å². The lowest BCUT2D eigenvalue weighted by Crippen LogP contribution is -2.41. The molecule has 7 rings (SSSR count). The Balaban J connectivity index is 1.41. The standard InChI is InChI=1S/C24H24FN9/c1-27-18-7-13(25)6-16-20-22(30-21(16)18)31-24(29-14-9-28-19-3-2-4-33(19)11-14)32-23(20)34-10-12-5-15(34)8-17(12)26/h2-4,6-7,9,11-12,15,17,27H,5,8,10,26H2,1H3,(H2,29,30,31,32)/t12-,15-,17-/m1/s1. The van der Waals surface area contributed by atoms with Gasteiger partial charge in [0.1, 0.15) is 22.9 Å². The number of piperidine rings is 1. The normalized spacial score (nSPS) is 21.9. The molecule has 3 atom stereocenters. The first-order chi connectivity index (χ1) is 16.6. The van der Waals surface area contributed by atoms with Gasteiger partial charge in [0.15, 0.2) is 0 Å². The summed E-state index contributed by atoms with van der Waals surface area (Å²) in [6, 6.07) is 7.49. The fraction of sp³-hybridized carbons (Fsp3) is 0.292. The van der Waals surface area contributed by atoms with Crippen LogP contribution in [0.1, 0.15) is 12.8 Å². The number of nitrogens with two attached hydrogens (primary N) is 1. The van der Waals surface area contributed by atoms with Crippen LogP contribution in [0.3, 0.4) is 0 Å². The number of H-pyrrole nitrogens is 1. The first-order valence-corrected chi connectivity index (χ1v) is 11.5. The van der Waals surface area contributed by atoms with Gasteiger partial charge in [0.05, 0.1) is 28.5 Å². The minimum Gasteiger partial charge on any atom is -0.386 e. The van der Waals surface area contributed by atoms with E-state index in [0.29, 0.717) is 29.2 Å². The Morgan fingerprint density at radius 2 is 2.15 bits per heavy atom. The van der Waals surface area contributed by atoms with E-state index in [4.69, 9.17) is 15.7 Å². The third kappa shape index (κ3) is 2.84. The van der Waals surface area contributed by atoms with Gasteiger partial charge in [-0.3, -0.25) is 0 Å². The van der Waals surface area contributed by atoms with E-state index < -0.39 is 0 Å². The van der Waals surface area contributed by atoms with Crippen LogP contribution >= 0.6 is 0 Å². The van der Waals surface area contributed by atoms with Crippen molar-refractivity contribution in [1.82, 2.24) is 24.3 Å². The average molecular weight is 458 g/mol. The van der Waals surface area contributed by atoms with Crippen molar-refractivity contribution < 1.29 is 4.39 Å². The molecule has 2 fully saturated rings. The third-order valence-electron chi connectivity index (χ3n) is 7.27. The van der Waals surface area contributed by atoms with E-state index in [2.05, 4.69) is 25.5 Å². The molecule has 2 bridgehead atoms. The quantitative estimate of drug-likeness (QED) is 0.326. The molecule has 172 valence electrons. The summed E-state index contributed by atoms with van der Waals surface area (Å²) in [5.74, 6) is 1.41. The molecule has 5 N–H and O–H groups in total. The molecule has 1 saturated heterocycles. The number of halogens is 1. The lowest BCUT2D eigenvalue weighted by molar-refractivity contribution is 0.471. The maximum absolute atomic E-state index is 14.5. The van der Waals surface area contributed by atoms with Crippen LogP contribution in [0.25, 0.3) is 27.6 Å². The van der Waals surface area contributed by atoms with Gasteiger partial charge in [-0.2, -0.15) is 9.97 Å². The van der Waals surface area contributed by atoms with Crippen LogP contribution in [0.2, 0.25) is 0 Å². The van der Waals surface area contributed by atoms with Gasteiger partial charge in [-0.1, -0.05) is 0 Å². The Bertz CT molecular complexity index is 1570. The largest absolute Gasteiger partial charge is 0.386 e. The number of hydrogen-bond acceptors (Lipinski definition) is 7. The molecule has 34 heavy (non-hydrogen) atoms. The summed E-state index contributed by atoms with van der Waals surface area (Å²) in [5, 5.41) is 8.00. The smallest absolute Gasteiger partial charge is 0.231 e. The number of rotatable bonds is 4. The lowest BCUT2D eigenvalue weighted by Gasteiger charge is -2.31. The van der Waals surface area contributed by atoms with Crippen molar-refractivity contribution in [3.05, 3.63) is 48.7 Å². The predicted octanol–water partition coefficient (Wildman–Crippen LogP) is 3.61. The summed E-state index contributed by atoms with van der Waals surface area (Å²) < 4.78 is 16.5. The summed E-state index contributed by atoms with van der Waals surface area (Å²) >= 11 is 0. The molecule has 2 aliphatic rings. The van der Waals surface area contributed by atoms with E-state index >= 15 is 0 Å². The Morgan fingerprint density at radius 1 is 1.24 bits per heavy atom. The van der Waals surface area contributed by atoms with E-state index in [9.17, 15) is 4.39 Å². The fourth-order valence-electron chi connectivity index (χ4n) is 5.67. The van der Waals surface area contributed by atoms with Crippen molar-refractivity contribution in [2.24, 2.45) is 11.7 Å². The van der Waals surface area contributed by atoms with Crippen LogP contribution in [0.5, 0.6) is 0 Å². The van der Waals surface area contributed by atoms with Gasteiger partial charge < -0.3 is 30.7 Å². The van der Waals surface area contributed by atoms with Crippen LogP contribution in [-0.2, 0) is 0 Å². The van der Waals surface area contributed by atoms with Gasteiger partial charge in [-0.15, -0.1) is 0 Å². The highest BCUT2D eigenvalue weighted by atomic mass is 19.1. The number of benzene rings is 1. The second-order valence-electron chi connectivity index (χ2n) is 9.29. The maximum atomic E-state index is 14.5. The highest BCUT2D eigenvalue weighted by Gasteiger charge is 2.44. The molecule has 4 aromatic heterocycles. The van der Waals surface area contributed by atoms with Crippen molar-refractivity contribution in [2.75, 3.05) is 29.1 Å². The summed E-state index contributed by atoms with van der Waals surface area (Å²) in [5.41, 5.74) is 10.1. The minimum absolute atomic E-state index is 0.229. The molecular weight excluding hydrogens is 433 g/mol. The van der Waals surface area contributed by atoms with Crippen LogP contribution in [-0.4, -0.2) is 50.0 Å². The summed E-state index contributed by atoms with van der Waals surface area (Å²) in [4.78, 5) is 19.9. The van der Waals surface area contributed by atoms with Crippen LogP contribution < -0.4 is 21.3 Å². The number of nitrogens with one attached hydrogen (secondary N) is 3. The molecule has 0 spiro atoms. The predicted molar refractivity (Wildman–Crippen MR) is 131 cm³/mol. The Morgan fingerprint density at radius 3 is 2.94 bits per heavy atom. The number of aromatic nitrogens is 5. The number of fused-ring (bicyclic) bond motifs is 6. The van der Waals surface area contributed by atoms with Crippen LogP contribution in [0.15, 0.2) is 42.9 Å². The van der Waals surface area contributed by atoms with Crippen molar-refractivity contribution in [1.29, 1.82) is 0 Å². The second-order valence-corrected chi connectivity index (χ2v) is 9.29. The van der Waals surface area contributed by atoms with E-state index in [-0.39, 0.29) is 11.9 Å². The monoisotopic (exact) mass is 457 g/mol. The second kappa shape index (κ2) is 7.04. The molecule has 1 aliphatic carbocycles. The zero-order valence-corrected chi connectivity index (χ0v) is 18.6. The molecule has 1 aliphatic heterocycles. The first-order valence-electron chi connectivity index (χ1n) is 11.5. The molecule has 5 heterocycles. The van der Waals surface area contributed by atoms with Gasteiger partial charge in [0.25, 0.3) is 0 Å². The SMILES string of the molecule is CNc1cc(F)cc2c1[nH]c1nc(Nc3cnc4cccn4c3)nc(N3C[C@H]4C[C@@H]3C[C@H]4N)c12. The van der Waals surface area contributed by atoms with Gasteiger partial charge in [0, 0.05) is 43.5 Å². The summed E-state index contributed by atoms with van der Waals surface area (Å²) in [6.45, 7) is 0.842. The Kier molecular flexibility index (Phi) is 4.04. The van der Waals surface area contributed by atoms with E-state index in [1.165, 1.54) is 6.07 Å². The van der Waals surface area contributed by atoms with E-state index in [1.54, 1.807) is 19.3 Å². The molecule has 10 heteroatoms. The van der Waals surface area contributed by atoms with Crippen molar-refractivity contribution in [3.8, 4) is 0 Å². The molecule has 5 aromatic rings. The number of hydrogen-bond donors (Lipinski definition) is 4. The zero-order valence-electron chi connectivity index (χ0n) is 18.6. The number of anilines is 4. The van der Waals surface area contributed by atoms with Gasteiger partial charge in [-0.05, 0) is 43.0 Å². The highest BCUT2D eigenvalue weighted by Crippen LogP contribution is 2.43. The molecule has 0 amide bonds. The molecule has 0 radical (unpaired) electrons. The summed E-state index contributed by atoms with van der Waals surface area (Å²) in [7, 11) is 1.78. The van der Waals surface area contributed by atoms with Crippen molar-refractivity contribution in [2.45, 2.75) is 24.9 Å². The topological polar surface area (TPSA) is 112 Å². The van der Waals surface area contributed by atoms with Gasteiger partial charge in [0.2, 0.25) is 5.95 Å². The first kappa shape index (κ1) is 19.5. The lowest BCUT2D eigenvalue weighted by atomic mass is 10.0. The Labute approximate surface area is 194 Å². The fourth-order valence-corrected chi connectivity index (χ4v) is 5.67. The molecular formula is C24H24FN9. The van der Waals surface area contributed by atoms with Gasteiger partial charge >= 0.3 is 0 Å². The van der Waals surface area contributed by atoms with E-state index in [1.807, 2.05) is 28.9 Å². The maximum Gasteiger partial charge on any atom is 0.231 e. The Hall–Kier alpha value is -3.92. The third-order valence-corrected chi connectivity index (χ3v) is 7.27. The molecule has 0 unspecified atom stereocenters. The highest BCUT2D eigenvalue weighted by molar-refractivity contribution is 6.15. The average Bonchev–Trinajstić information content (AvgIpc) is 3.60. The number of nitrogens with zero attached hydrogens (tertiary/aromatic N) is 5.